The number of nitrogens with zero attached hydrogens (tertiary/aromatic N) is 3. The van der Waals surface area contributed by atoms with Crippen molar-refractivity contribution in [2.45, 2.75) is 6.42 Å². The summed E-state index contributed by atoms with van der Waals surface area (Å²) in [5.74, 6) is -0.227. The number of non-ortho nitro benzene ring substituents is 1. The first-order valence-electron chi connectivity index (χ1n) is 8.75. The average Bonchev–Trinajstić information content (AvgIpc) is 2.72. The van der Waals surface area contributed by atoms with Crippen LogP contribution in [0.1, 0.15) is 22.3 Å². The number of nitro groups is 1. The zero-order valence-electron chi connectivity index (χ0n) is 15.2. The lowest BCUT2D eigenvalue weighted by atomic mass is 10.1. The fourth-order valence-corrected chi connectivity index (χ4v) is 2.72. The summed E-state index contributed by atoms with van der Waals surface area (Å²) in [6.45, 7) is 0.883. The van der Waals surface area contributed by atoms with Crippen molar-refractivity contribution in [3.63, 3.8) is 0 Å². The summed E-state index contributed by atoms with van der Waals surface area (Å²) in [6.07, 6.45) is 0.592. The van der Waals surface area contributed by atoms with Gasteiger partial charge in [0.05, 0.1) is 22.1 Å². The van der Waals surface area contributed by atoms with Crippen molar-refractivity contribution in [2.24, 2.45) is 0 Å². The lowest BCUT2D eigenvalue weighted by molar-refractivity contribution is -0.384. The minimum absolute atomic E-state index is 0.103. The van der Waals surface area contributed by atoms with E-state index < -0.39 is 10.7 Å². The second kappa shape index (κ2) is 8.75. The fourth-order valence-electron chi connectivity index (χ4n) is 2.72. The Morgan fingerprint density at radius 3 is 2.62 bits per heavy atom. The van der Waals surface area contributed by atoms with Gasteiger partial charge in [-0.05, 0) is 42.8 Å². The number of pyridine rings is 1. The van der Waals surface area contributed by atoms with Crippen LogP contribution >= 0.6 is 0 Å². The van der Waals surface area contributed by atoms with Crippen LogP contribution in [-0.4, -0.2) is 28.9 Å². The highest BCUT2D eigenvalue weighted by Crippen LogP contribution is 2.24. The smallest absolute Gasteiger partial charge is 0.270 e. The lowest BCUT2D eigenvalue weighted by Crippen LogP contribution is -2.25. The molecule has 2 aromatic carbocycles. The summed E-state index contributed by atoms with van der Waals surface area (Å²) in [7, 11) is 0. The van der Waals surface area contributed by atoms with Crippen LogP contribution in [0.2, 0.25) is 0 Å². The van der Waals surface area contributed by atoms with Crippen LogP contribution in [0.5, 0.6) is 0 Å². The molecule has 0 unspecified atom stereocenters. The molecule has 0 saturated carbocycles. The highest BCUT2D eigenvalue weighted by Gasteiger charge is 2.11. The predicted molar refractivity (Wildman–Crippen MR) is 105 cm³/mol. The third-order valence-corrected chi connectivity index (χ3v) is 4.18. The van der Waals surface area contributed by atoms with E-state index in [0.717, 1.165) is 0 Å². The number of hydrogen-bond donors (Lipinski definition) is 2. The van der Waals surface area contributed by atoms with Crippen molar-refractivity contribution in [2.75, 3.05) is 18.4 Å². The molecule has 0 aliphatic carbocycles. The number of anilines is 1. The third kappa shape index (κ3) is 4.81. The molecule has 0 aliphatic rings. The molecule has 146 valence electrons. The van der Waals surface area contributed by atoms with Gasteiger partial charge in [0.1, 0.15) is 11.6 Å². The summed E-state index contributed by atoms with van der Waals surface area (Å²) < 4.78 is 12.9. The van der Waals surface area contributed by atoms with Gasteiger partial charge in [0, 0.05) is 36.2 Å². The Kier molecular flexibility index (Phi) is 5.94. The molecule has 9 heteroatoms. The molecule has 0 fully saturated rings. The summed E-state index contributed by atoms with van der Waals surface area (Å²) in [4.78, 5) is 26.7. The molecule has 0 spiro atoms. The van der Waals surface area contributed by atoms with E-state index in [1.165, 1.54) is 48.5 Å². The number of fused-ring (bicyclic) bond motifs is 1. The number of nitro benzene ring substituents is 1. The largest absolute Gasteiger partial charge is 0.370 e. The van der Waals surface area contributed by atoms with Crippen LogP contribution in [0.25, 0.3) is 10.9 Å². The average molecular weight is 393 g/mol. The monoisotopic (exact) mass is 393 g/mol. The maximum Gasteiger partial charge on any atom is 0.270 e. The van der Waals surface area contributed by atoms with Crippen LogP contribution in [0.4, 0.5) is 15.9 Å². The Morgan fingerprint density at radius 1 is 1.17 bits per heavy atom. The first kappa shape index (κ1) is 19.7. The molecule has 3 aromatic rings. The van der Waals surface area contributed by atoms with Gasteiger partial charge in [0.25, 0.3) is 11.6 Å². The summed E-state index contributed by atoms with van der Waals surface area (Å²) in [5, 5.41) is 26.5. The second-order valence-corrected chi connectivity index (χ2v) is 6.17. The topological polar surface area (TPSA) is 121 Å². The number of carbonyl (C=O) groups excluding carboxylic acids is 1. The van der Waals surface area contributed by atoms with Crippen LogP contribution < -0.4 is 10.6 Å². The lowest BCUT2D eigenvalue weighted by Gasteiger charge is -2.09. The molecule has 0 radical (unpaired) electrons. The van der Waals surface area contributed by atoms with Crippen molar-refractivity contribution in [1.82, 2.24) is 10.3 Å². The minimum Gasteiger partial charge on any atom is -0.370 e. The summed E-state index contributed by atoms with van der Waals surface area (Å²) in [5.41, 5.74) is 1.03. The van der Waals surface area contributed by atoms with E-state index in [1.54, 1.807) is 0 Å². The Morgan fingerprint density at radius 2 is 1.93 bits per heavy atom. The van der Waals surface area contributed by atoms with Gasteiger partial charge in [-0.3, -0.25) is 14.9 Å². The molecule has 3 rings (SSSR count). The van der Waals surface area contributed by atoms with Crippen molar-refractivity contribution >= 4 is 28.3 Å². The SMILES string of the molecule is N#Cc1cc(NCCCNC(=O)c2ccc(F)cc2)nc2ccc([N+](=O)[O-])cc12. The number of nitrogens with one attached hydrogen (secondary N) is 2. The Labute approximate surface area is 165 Å². The van der Waals surface area contributed by atoms with E-state index in [9.17, 15) is 24.6 Å². The molecule has 1 aromatic heterocycles. The van der Waals surface area contributed by atoms with Gasteiger partial charge in [-0.25, -0.2) is 9.37 Å². The molecule has 8 nitrogen and oxygen atoms in total. The molecule has 0 bridgehead atoms. The Hall–Kier alpha value is -4.06. The number of hydrogen-bond acceptors (Lipinski definition) is 6. The van der Waals surface area contributed by atoms with Gasteiger partial charge < -0.3 is 10.6 Å². The van der Waals surface area contributed by atoms with Gasteiger partial charge in [0.2, 0.25) is 0 Å². The van der Waals surface area contributed by atoms with Gasteiger partial charge in [-0.1, -0.05) is 0 Å². The van der Waals surface area contributed by atoms with Crippen molar-refractivity contribution in [3.8, 4) is 6.07 Å². The van der Waals surface area contributed by atoms with Gasteiger partial charge in [-0.2, -0.15) is 5.26 Å². The number of benzene rings is 2. The molecular weight excluding hydrogens is 377 g/mol. The number of halogens is 1. The van der Waals surface area contributed by atoms with Gasteiger partial charge >= 0.3 is 0 Å². The normalized spacial score (nSPS) is 10.3. The maximum atomic E-state index is 12.9. The highest BCUT2D eigenvalue weighted by atomic mass is 19.1. The minimum atomic E-state index is -0.521. The zero-order valence-corrected chi connectivity index (χ0v) is 15.2. The molecule has 1 amide bonds. The predicted octanol–water partition coefficient (Wildman–Crippen LogP) is 3.39. The first-order chi connectivity index (χ1) is 14.0. The number of carbonyl (C=O) groups is 1. The van der Waals surface area contributed by atoms with Crippen LogP contribution in [0.3, 0.4) is 0 Å². The van der Waals surface area contributed by atoms with E-state index in [0.29, 0.717) is 41.8 Å². The van der Waals surface area contributed by atoms with E-state index >= 15 is 0 Å². The van der Waals surface area contributed by atoms with Crippen LogP contribution in [0.15, 0.2) is 48.5 Å². The number of nitriles is 1. The number of rotatable bonds is 7. The van der Waals surface area contributed by atoms with Gasteiger partial charge in [0.15, 0.2) is 0 Å². The fraction of sp³-hybridized carbons (Fsp3) is 0.150. The quantitative estimate of drug-likeness (QED) is 0.361. The highest BCUT2D eigenvalue weighted by molar-refractivity contribution is 5.94. The molecule has 0 atom stereocenters. The molecular formula is C20H16FN5O3. The van der Waals surface area contributed by atoms with Gasteiger partial charge in [-0.15, -0.1) is 0 Å². The van der Waals surface area contributed by atoms with Crippen molar-refractivity contribution < 1.29 is 14.1 Å². The summed E-state index contributed by atoms with van der Waals surface area (Å²) >= 11 is 0. The summed E-state index contributed by atoms with van der Waals surface area (Å²) in [6, 6.07) is 13.0. The van der Waals surface area contributed by atoms with Crippen molar-refractivity contribution in [1.29, 1.82) is 5.26 Å². The maximum absolute atomic E-state index is 12.9. The molecule has 1 heterocycles. The molecule has 0 saturated heterocycles. The molecule has 2 N–H and O–H groups in total. The molecule has 29 heavy (non-hydrogen) atoms. The van der Waals surface area contributed by atoms with E-state index in [4.69, 9.17) is 0 Å². The van der Waals surface area contributed by atoms with Crippen molar-refractivity contribution in [3.05, 3.63) is 75.6 Å². The molecule has 0 aliphatic heterocycles. The third-order valence-electron chi connectivity index (χ3n) is 4.18. The van der Waals surface area contributed by atoms with E-state index in [2.05, 4.69) is 15.6 Å². The number of aromatic nitrogens is 1. The Balaban J connectivity index is 1.57. The first-order valence-corrected chi connectivity index (χ1v) is 8.75. The second-order valence-electron chi connectivity index (χ2n) is 6.17. The van der Waals surface area contributed by atoms with E-state index in [1.807, 2.05) is 6.07 Å². The zero-order chi connectivity index (χ0) is 20.8. The standard InChI is InChI=1S/C20H16FN5O3/c21-15-4-2-13(3-5-15)20(27)24-9-1-8-23-19-10-14(12-22)17-11-16(26(28)29)6-7-18(17)25-19/h2-7,10-11H,1,8-9H2,(H,23,25)(H,24,27). The van der Waals surface area contributed by atoms with Crippen LogP contribution in [-0.2, 0) is 0 Å². The van der Waals surface area contributed by atoms with Crippen LogP contribution in [0, 0.1) is 27.3 Å². The van der Waals surface area contributed by atoms with E-state index in [-0.39, 0.29) is 17.2 Å². The number of amides is 1. The Bertz CT molecular complexity index is 1110.